The Labute approximate surface area is 65.3 Å². The van der Waals surface area contributed by atoms with Gasteiger partial charge in [0, 0.05) is 18.4 Å². The zero-order chi connectivity index (χ0) is 8.27. The topological polar surface area (TPSA) is 72.5 Å². The molecule has 1 aliphatic heterocycles. The van der Waals surface area contributed by atoms with E-state index in [1.807, 2.05) is 0 Å². The molecule has 0 bridgehead atoms. The normalized spacial score (nSPS) is 30.6. The van der Waals surface area contributed by atoms with Crippen molar-refractivity contribution in [2.45, 2.75) is 18.9 Å². The molecule has 1 fully saturated rings. The quantitative estimate of drug-likeness (QED) is 0.599. The van der Waals surface area contributed by atoms with Crippen molar-refractivity contribution in [2.75, 3.05) is 13.2 Å². The first-order valence-electron chi connectivity index (χ1n) is 3.75. The van der Waals surface area contributed by atoms with Crippen LogP contribution in [-0.4, -0.2) is 30.3 Å². The highest BCUT2D eigenvalue weighted by molar-refractivity contribution is 5.66. The Hall–Kier alpha value is -0.610. The van der Waals surface area contributed by atoms with Gasteiger partial charge in [0.1, 0.15) is 0 Å². The smallest absolute Gasteiger partial charge is 0.303 e. The zero-order valence-electron chi connectivity index (χ0n) is 6.32. The SMILES string of the molecule is N[C@@H]1COC[C@@H]1CCC(=O)O. The summed E-state index contributed by atoms with van der Waals surface area (Å²) in [6, 6.07) is 0.0364. The Morgan fingerprint density at radius 3 is 2.82 bits per heavy atom. The van der Waals surface area contributed by atoms with Gasteiger partial charge in [-0.3, -0.25) is 4.79 Å². The lowest BCUT2D eigenvalue weighted by molar-refractivity contribution is -0.137. The summed E-state index contributed by atoms with van der Waals surface area (Å²) in [7, 11) is 0. The number of rotatable bonds is 3. The summed E-state index contributed by atoms with van der Waals surface area (Å²) in [5, 5.41) is 8.38. The van der Waals surface area contributed by atoms with Gasteiger partial charge in [0.25, 0.3) is 0 Å². The van der Waals surface area contributed by atoms with Gasteiger partial charge < -0.3 is 15.6 Å². The van der Waals surface area contributed by atoms with E-state index in [9.17, 15) is 4.79 Å². The van der Waals surface area contributed by atoms with Gasteiger partial charge in [-0.25, -0.2) is 0 Å². The van der Waals surface area contributed by atoms with Gasteiger partial charge in [0.15, 0.2) is 0 Å². The molecule has 4 nitrogen and oxygen atoms in total. The molecule has 0 aromatic heterocycles. The summed E-state index contributed by atoms with van der Waals surface area (Å²) in [6.45, 7) is 1.19. The van der Waals surface area contributed by atoms with E-state index in [1.165, 1.54) is 0 Å². The van der Waals surface area contributed by atoms with Gasteiger partial charge in [0.2, 0.25) is 0 Å². The third-order valence-electron chi connectivity index (χ3n) is 1.98. The Morgan fingerprint density at radius 1 is 1.64 bits per heavy atom. The molecule has 64 valence electrons. The van der Waals surface area contributed by atoms with E-state index in [1.54, 1.807) is 0 Å². The van der Waals surface area contributed by atoms with Gasteiger partial charge in [-0.1, -0.05) is 0 Å². The van der Waals surface area contributed by atoms with Crippen LogP contribution in [0.15, 0.2) is 0 Å². The number of hydrogen-bond acceptors (Lipinski definition) is 3. The maximum Gasteiger partial charge on any atom is 0.303 e. The van der Waals surface area contributed by atoms with Gasteiger partial charge in [-0.15, -0.1) is 0 Å². The molecule has 0 unspecified atom stereocenters. The van der Waals surface area contributed by atoms with Crippen molar-refractivity contribution in [3.05, 3.63) is 0 Å². The van der Waals surface area contributed by atoms with Crippen LogP contribution in [-0.2, 0) is 9.53 Å². The predicted octanol–water partition coefficient (Wildman–Crippen LogP) is -0.175. The first-order chi connectivity index (χ1) is 5.20. The second-order valence-corrected chi connectivity index (χ2v) is 2.89. The van der Waals surface area contributed by atoms with E-state index in [4.69, 9.17) is 15.6 Å². The third kappa shape index (κ3) is 2.48. The average molecular weight is 159 g/mol. The van der Waals surface area contributed by atoms with Gasteiger partial charge >= 0.3 is 5.97 Å². The van der Waals surface area contributed by atoms with E-state index in [0.29, 0.717) is 19.6 Å². The Kier molecular flexibility index (Phi) is 2.84. The molecule has 0 spiro atoms. The fraction of sp³-hybridized carbons (Fsp3) is 0.857. The van der Waals surface area contributed by atoms with Crippen LogP contribution in [0.3, 0.4) is 0 Å². The van der Waals surface area contributed by atoms with Crippen molar-refractivity contribution in [3.63, 3.8) is 0 Å². The molecule has 1 rings (SSSR count). The minimum absolute atomic E-state index is 0.0364. The van der Waals surface area contributed by atoms with Crippen LogP contribution >= 0.6 is 0 Å². The van der Waals surface area contributed by atoms with Gasteiger partial charge in [-0.05, 0) is 6.42 Å². The van der Waals surface area contributed by atoms with Crippen LogP contribution in [0.4, 0.5) is 0 Å². The van der Waals surface area contributed by atoms with Crippen molar-refractivity contribution in [1.82, 2.24) is 0 Å². The minimum Gasteiger partial charge on any atom is -0.481 e. The number of ether oxygens (including phenoxy) is 1. The van der Waals surface area contributed by atoms with E-state index in [0.717, 1.165) is 0 Å². The van der Waals surface area contributed by atoms with E-state index >= 15 is 0 Å². The number of carboxylic acids is 1. The third-order valence-corrected chi connectivity index (χ3v) is 1.98. The molecule has 0 aliphatic carbocycles. The van der Waals surface area contributed by atoms with Crippen molar-refractivity contribution >= 4 is 5.97 Å². The Bertz CT molecular complexity index is 149. The molecule has 2 atom stereocenters. The highest BCUT2D eigenvalue weighted by Gasteiger charge is 2.24. The maximum atomic E-state index is 10.2. The number of carboxylic acid groups (broad SMARTS) is 1. The highest BCUT2D eigenvalue weighted by atomic mass is 16.5. The molecule has 0 aromatic carbocycles. The number of nitrogens with two attached hydrogens (primary N) is 1. The molecule has 0 saturated carbocycles. The summed E-state index contributed by atoms with van der Waals surface area (Å²) in [5.41, 5.74) is 5.65. The first kappa shape index (κ1) is 8.49. The summed E-state index contributed by atoms with van der Waals surface area (Å²) < 4.78 is 5.08. The van der Waals surface area contributed by atoms with E-state index in [2.05, 4.69) is 0 Å². The fourth-order valence-electron chi connectivity index (χ4n) is 1.22. The van der Waals surface area contributed by atoms with Crippen molar-refractivity contribution < 1.29 is 14.6 Å². The van der Waals surface area contributed by atoms with Crippen LogP contribution < -0.4 is 5.73 Å². The van der Waals surface area contributed by atoms with Crippen LogP contribution in [0, 0.1) is 5.92 Å². The molecule has 11 heavy (non-hydrogen) atoms. The largest absolute Gasteiger partial charge is 0.481 e. The van der Waals surface area contributed by atoms with Crippen molar-refractivity contribution in [2.24, 2.45) is 11.7 Å². The average Bonchev–Trinajstić information content (AvgIpc) is 2.31. The lowest BCUT2D eigenvalue weighted by atomic mass is 9.99. The second-order valence-electron chi connectivity index (χ2n) is 2.89. The van der Waals surface area contributed by atoms with Crippen LogP contribution in [0.25, 0.3) is 0 Å². The lowest BCUT2D eigenvalue weighted by Gasteiger charge is -2.10. The molecule has 0 radical (unpaired) electrons. The van der Waals surface area contributed by atoms with Crippen LogP contribution in [0.5, 0.6) is 0 Å². The standard InChI is InChI=1S/C7H13NO3/c8-6-4-11-3-5(6)1-2-7(9)10/h5-6H,1-4,8H2,(H,9,10)/t5-,6+/m0/s1. The van der Waals surface area contributed by atoms with Gasteiger partial charge in [-0.2, -0.15) is 0 Å². The van der Waals surface area contributed by atoms with E-state index < -0.39 is 5.97 Å². The molecule has 3 N–H and O–H groups in total. The number of aliphatic carboxylic acids is 1. The van der Waals surface area contributed by atoms with Gasteiger partial charge in [0.05, 0.1) is 13.2 Å². The molecule has 1 heterocycles. The summed E-state index contributed by atoms with van der Waals surface area (Å²) in [5.74, 6) is -0.518. The Balaban J connectivity index is 2.20. The summed E-state index contributed by atoms with van der Waals surface area (Å²) in [4.78, 5) is 10.2. The van der Waals surface area contributed by atoms with Crippen molar-refractivity contribution in [1.29, 1.82) is 0 Å². The fourth-order valence-corrected chi connectivity index (χ4v) is 1.22. The monoisotopic (exact) mass is 159 g/mol. The summed E-state index contributed by atoms with van der Waals surface area (Å²) >= 11 is 0. The zero-order valence-corrected chi connectivity index (χ0v) is 6.32. The molecular weight excluding hydrogens is 146 g/mol. The predicted molar refractivity (Wildman–Crippen MR) is 39.2 cm³/mol. The van der Waals surface area contributed by atoms with Crippen LogP contribution in [0.1, 0.15) is 12.8 Å². The molecule has 4 heteroatoms. The van der Waals surface area contributed by atoms with E-state index in [-0.39, 0.29) is 18.4 Å². The molecule has 1 saturated heterocycles. The van der Waals surface area contributed by atoms with Crippen molar-refractivity contribution in [3.8, 4) is 0 Å². The number of hydrogen-bond donors (Lipinski definition) is 2. The van der Waals surface area contributed by atoms with Crippen LogP contribution in [0.2, 0.25) is 0 Å². The molecule has 0 amide bonds. The maximum absolute atomic E-state index is 10.2. The lowest BCUT2D eigenvalue weighted by Crippen LogP contribution is -2.28. The Morgan fingerprint density at radius 2 is 2.36 bits per heavy atom. The number of carbonyl (C=O) groups is 1. The molecular formula is C7H13NO3. The molecule has 1 aliphatic rings. The highest BCUT2D eigenvalue weighted by Crippen LogP contribution is 2.16. The summed E-state index contributed by atoms with van der Waals surface area (Å²) in [6.07, 6.45) is 0.832. The molecule has 0 aromatic rings. The second kappa shape index (κ2) is 3.69. The minimum atomic E-state index is -0.760. The first-order valence-corrected chi connectivity index (χ1v) is 3.75.